The molecule has 0 atom stereocenters. The predicted octanol–water partition coefficient (Wildman–Crippen LogP) is 0.719. The molecule has 0 radical (unpaired) electrons. The summed E-state index contributed by atoms with van der Waals surface area (Å²) in [5, 5.41) is 15.1. The number of nitrogens with zero attached hydrogens (tertiary/aromatic N) is 3. The zero-order valence-electron chi connectivity index (χ0n) is 8.95. The van der Waals surface area contributed by atoms with Gasteiger partial charge in [-0.2, -0.15) is 10.4 Å². The standard InChI is InChI=1S/C10H14N4O/c1-3-8-7-9(14(4-2)13-8)10(15)12-6-5-11/h7H,3-4,6H2,1-2H3,(H,12,15). The van der Waals surface area contributed by atoms with Crippen molar-refractivity contribution in [3.63, 3.8) is 0 Å². The van der Waals surface area contributed by atoms with Gasteiger partial charge in [0.25, 0.3) is 5.91 Å². The van der Waals surface area contributed by atoms with Crippen LogP contribution in [0, 0.1) is 11.3 Å². The molecule has 5 heteroatoms. The maximum absolute atomic E-state index is 11.6. The van der Waals surface area contributed by atoms with Crippen LogP contribution in [0.3, 0.4) is 0 Å². The highest BCUT2D eigenvalue weighted by Crippen LogP contribution is 2.05. The number of rotatable bonds is 4. The Balaban J connectivity index is 2.87. The number of nitriles is 1. The molecule has 1 heterocycles. The predicted molar refractivity (Wildman–Crippen MR) is 55.2 cm³/mol. The molecule has 1 N–H and O–H groups in total. The van der Waals surface area contributed by atoms with Crippen LogP contribution >= 0.6 is 0 Å². The number of carbonyl (C=O) groups excluding carboxylic acids is 1. The molecule has 15 heavy (non-hydrogen) atoms. The van der Waals surface area contributed by atoms with Crippen molar-refractivity contribution in [1.29, 1.82) is 5.26 Å². The quantitative estimate of drug-likeness (QED) is 0.738. The lowest BCUT2D eigenvalue weighted by molar-refractivity contribution is 0.0948. The summed E-state index contributed by atoms with van der Waals surface area (Å²) in [6, 6.07) is 3.63. The average Bonchev–Trinajstić information content (AvgIpc) is 2.69. The van der Waals surface area contributed by atoms with Crippen LogP contribution in [0.1, 0.15) is 30.0 Å². The summed E-state index contributed by atoms with van der Waals surface area (Å²) in [4.78, 5) is 11.6. The average molecular weight is 206 g/mol. The van der Waals surface area contributed by atoms with Crippen molar-refractivity contribution in [2.75, 3.05) is 6.54 Å². The molecule has 0 saturated carbocycles. The Morgan fingerprint density at radius 3 is 2.93 bits per heavy atom. The summed E-state index contributed by atoms with van der Waals surface area (Å²) in [5.74, 6) is -0.245. The van der Waals surface area contributed by atoms with E-state index in [1.54, 1.807) is 10.7 Å². The maximum atomic E-state index is 11.6. The Morgan fingerprint density at radius 1 is 1.67 bits per heavy atom. The molecule has 0 aliphatic heterocycles. The molecule has 0 fully saturated rings. The van der Waals surface area contributed by atoms with Gasteiger partial charge >= 0.3 is 0 Å². The molecule has 0 spiro atoms. The van der Waals surface area contributed by atoms with Crippen LogP contribution in [-0.4, -0.2) is 22.2 Å². The van der Waals surface area contributed by atoms with Crippen LogP contribution < -0.4 is 5.32 Å². The van der Waals surface area contributed by atoms with Gasteiger partial charge in [0.05, 0.1) is 11.8 Å². The molecule has 80 valence electrons. The summed E-state index contributed by atoms with van der Waals surface area (Å²) in [7, 11) is 0. The van der Waals surface area contributed by atoms with E-state index in [-0.39, 0.29) is 12.5 Å². The number of amides is 1. The second-order valence-corrected chi connectivity index (χ2v) is 3.03. The molecular formula is C10H14N4O. The van der Waals surface area contributed by atoms with Gasteiger partial charge in [0.2, 0.25) is 0 Å². The van der Waals surface area contributed by atoms with Gasteiger partial charge in [-0.1, -0.05) is 6.92 Å². The van der Waals surface area contributed by atoms with Crippen molar-refractivity contribution >= 4 is 5.91 Å². The first kappa shape index (κ1) is 11.2. The van der Waals surface area contributed by atoms with E-state index >= 15 is 0 Å². The molecule has 0 bridgehead atoms. The first-order chi connectivity index (χ1) is 7.22. The normalized spacial score (nSPS) is 9.67. The topological polar surface area (TPSA) is 70.7 Å². The van der Waals surface area contributed by atoms with E-state index in [1.165, 1.54) is 0 Å². The fourth-order valence-corrected chi connectivity index (χ4v) is 1.28. The lowest BCUT2D eigenvalue weighted by Gasteiger charge is -2.02. The maximum Gasteiger partial charge on any atom is 0.270 e. The fourth-order valence-electron chi connectivity index (χ4n) is 1.28. The molecule has 1 rings (SSSR count). The van der Waals surface area contributed by atoms with Crippen LogP contribution in [0.2, 0.25) is 0 Å². The molecular weight excluding hydrogens is 192 g/mol. The Labute approximate surface area is 88.7 Å². The summed E-state index contributed by atoms with van der Waals surface area (Å²) in [6.45, 7) is 4.58. The fraction of sp³-hybridized carbons (Fsp3) is 0.500. The van der Waals surface area contributed by atoms with Crippen molar-refractivity contribution in [2.45, 2.75) is 26.8 Å². The largest absolute Gasteiger partial charge is 0.338 e. The molecule has 0 saturated heterocycles. The third-order valence-electron chi connectivity index (χ3n) is 2.05. The molecule has 1 aromatic rings. The lowest BCUT2D eigenvalue weighted by atomic mass is 10.3. The number of nitrogens with one attached hydrogen (secondary N) is 1. The zero-order chi connectivity index (χ0) is 11.3. The van der Waals surface area contributed by atoms with Gasteiger partial charge in [0.1, 0.15) is 12.2 Å². The van der Waals surface area contributed by atoms with Crippen molar-refractivity contribution in [2.24, 2.45) is 0 Å². The molecule has 0 aromatic carbocycles. The minimum atomic E-state index is -0.245. The summed E-state index contributed by atoms with van der Waals surface area (Å²) in [6.07, 6.45) is 0.797. The van der Waals surface area contributed by atoms with Crippen LogP contribution in [0.25, 0.3) is 0 Å². The number of hydrogen-bond donors (Lipinski definition) is 1. The van der Waals surface area contributed by atoms with E-state index in [0.29, 0.717) is 12.2 Å². The first-order valence-electron chi connectivity index (χ1n) is 4.94. The molecule has 1 amide bonds. The smallest absolute Gasteiger partial charge is 0.270 e. The Kier molecular flexibility index (Phi) is 3.86. The number of carbonyl (C=O) groups is 1. The number of hydrogen-bond acceptors (Lipinski definition) is 3. The SMILES string of the molecule is CCc1cc(C(=O)NCC#N)n(CC)n1. The highest BCUT2D eigenvalue weighted by Gasteiger charge is 2.12. The van der Waals surface area contributed by atoms with E-state index in [9.17, 15) is 4.79 Å². The first-order valence-corrected chi connectivity index (χ1v) is 4.94. The van der Waals surface area contributed by atoms with E-state index in [2.05, 4.69) is 10.4 Å². The molecule has 0 aliphatic carbocycles. The summed E-state index contributed by atoms with van der Waals surface area (Å²) < 4.78 is 1.64. The van der Waals surface area contributed by atoms with Crippen LogP contribution in [0.4, 0.5) is 0 Å². The second-order valence-electron chi connectivity index (χ2n) is 3.03. The van der Waals surface area contributed by atoms with Gasteiger partial charge < -0.3 is 5.32 Å². The van der Waals surface area contributed by atoms with Crippen LogP contribution in [0.15, 0.2) is 6.07 Å². The highest BCUT2D eigenvalue weighted by atomic mass is 16.2. The van der Waals surface area contributed by atoms with Gasteiger partial charge in [0.15, 0.2) is 0 Å². The van der Waals surface area contributed by atoms with Crippen molar-refractivity contribution in [1.82, 2.24) is 15.1 Å². The molecule has 0 unspecified atom stereocenters. The van der Waals surface area contributed by atoms with Gasteiger partial charge in [-0.25, -0.2) is 0 Å². The minimum absolute atomic E-state index is 0.0230. The Bertz CT molecular complexity index is 389. The number of aromatic nitrogens is 2. The van der Waals surface area contributed by atoms with Gasteiger partial charge in [-0.15, -0.1) is 0 Å². The Morgan fingerprint density at radius 2 is 2.40 bits per heavy atom. The van der Waals surface area contributed by atoms with Crippen LogP contribution in [-0.2, 0) is 13.0 Å². The van der Waals surface area contributed by atoms with E-state index in [1.807, 2.05) is 19.9 Å². The van der Waals surface area contributed by atoms with Gasteiger partial charge in [-0.3, -0.25) is 9.48 Å². The zero-order valence-corrected chi connectivity index (χ0v) is 8.95. The summed E-state index contributed by atoms with van der Waals surface area (Å²) >= 11 is 0. The third-order valence-corrected chi connectivity index (χ3v) is 2.05. The van der Waals surface area contributed by atoms with Gasteiger partial charge in [0, 0.05) is 6.54 Å². The number of aryl methyl sites for hydroxylation is 2. The van der Waals surface area contributed by atoms with E-state index in [0.717, 1.165) is 12.1 Å². The van der Waals surface area contributed by atoms with Gasteiger partial charge in [-0.05, 0) is 19.4 Å². The highest BCUT2D eigenvalue weighted by molar-refractivity contribution is 5.92. The molecule has 1 aromatic heterocycles. The monoisotopic (exact) mass is 206 g/mol. The van der Waals surface area contributed by atoms with Crippen molar-refractivity contribution < 1.29 is 4.79 Å². The minimum Gasteiger partial charge on any atom is -0.338 e. The molecule has 0 aliphatic rings. The van der Waals surface area contributed by atoms with E-state index < -0.39 is 0 Å². The van der Waals surface area contributed by atoms with Crippen molar-refractivity contribution in [3.05, 3.63) is 17.5 Å². The Hall–Kier alpha value is -1.83. The lowest BCUT2D eigenvalue weighted by Crippen LogP contribution is -2.26. The summed E-state index contributed by atoms with van der Waals surface area (Å²) in [5.41, 5.74) is 1.41. The van der Waals surface area contributed by atoms with E-state index in [4.69, 9.17) is 5.26 Å². The third kappa shape index (κ3) is 2.56. The molecule has 5 nitrogen and oxygen atoms in total. The second kappa shape index (κ2) is 5.15. The van der Waals surface area contributed by atoms with Crippen molar-refractivity contribution in [3.8, 4) is 6.07 Å². The van der Waals surface area contributed by atoms with Crippen LogP contribution in [0.5, 0.6) is 0 Å².